The molecule has 0 aromatic carbocycles. The predicted octanol–water partition coefficient (Wildman–Crippen LogP) is 1.92. The zero-order valence-corrected chi connectivity index (χ0v) is 6.18. The first kappa shape index (κ1) is 8.89. The first-order valence-corrected chi connectivity index (χ1v) is 3.10. The maximum Gasteiger partial charge on any atom is 0.422 e. The molecular formula is C6H6F3NO2. The second kappa shape index (κ2) is 3.04. The molecular weight excluding hydrogens is 175 g/mol. The summed E-state index contributed by atoms with van der Waals surface area (Å²) in [4.78, 5) is 0. The van der Waals surface area contributed by atoms with Gasteiger partial charge < -0.3 is 9.26 Å². The van der Waals surface area contributed by atoms with Crippen LogP contribution in [-0.2, 0) is 0 Å². The zero-order valence-electron chi connectivity index (χ0n) is 6.18. The van der Waals surface area contributed by atoms with Gasteiger partial charge in [-0.3, -0.25) is 0 Å². The van der Waals surface area contributed by atoms with E-state index in [2.05, 4.69) is 14.4 Å². The number of aryl methyl sites for hydroxylation is 1. The van der Waals surface area contributed by atoms with Gasteiger partial charge in [0.25, 0.3) is 5.88 Å². The normalized spacial score (nSPS) is 11.7. The van der Waals surface area contributed by atoms with Gasteiger partial charge in [-0.2, -0.15) is 13.2 Å². The molecule has 0 aliphatic carbocycles. The van der Waals surface area contributed by atoms with Crippen molar-refractivity contribution in [2.75, 3.05) is 6.61 Å². The summed E-state index contributed by atoms with van der Waals surface area (Å²) in [7, 11) is 0. The van der Waals surface area contributed by atoms with Crippen LogP contribution in [0.1, 0.15) is 5.76 Å². The van der Waals surface area contributed by atoms with Gasteiger partial charge in [0, 0.05) is 6.07 Å². The van der Waals surface area contributed by atoms with Gasteiger partial charge >= 0.3 is 6.18 Å². The summed E-state index contributed by atoms with van der Waals surface area (Å²) >= 11 is 0. The van der Waals surface area contributed by atoms with Crippen LogP contribution in [0.2, 0.25) is 0 Å². The summed E-state index contributed by atoms with van der Waals surface area (Å²) in [5, 5.41) is 3.22. The monoisotopic (exact) mass is 181 g/mol. The molecule has 0 N–H and O–H groups in total. The fraction of sp³-hybridized carbons (Fsp3) is 0.500. The second-order valence-electron chi connectivity index (χ2n) is 2.18. The van der Waals surface area contributed by atoms with E-state index in [0.29, 0.717) is 5.76 Å². The average Bonchev–Trinajstić information content (AvgIpc) is 2.30. The maximum atomic E-state index is 11.6. The Kier molecular flexibility index (Phi) is 2.25. The number of ether oxygens (including phenoxy) is 1. The van der Waals surface area contributed by atoms with E-state index in [-0.39, 0.29) is 5.88 Å². The van der Waals surface area contributed by atoms with E-state index in [1.54, 1.807) is 6.92 Å². The summed E-state index contributed by atoms with van der Waals surface area (Å²) in [5.74, 6) is 0.261. The van der Waals surface area contributed by atoms with E-state index in [1.165, 1.54) is 6.07 Å². The Bertz CT molecular complexity index is 256. The topological polar surface area (TPSA) is 35.3 Å². The Morgan fingerprint density at radius 1 is 1.58 bits per heavy atom. The first-order valence-electron chi connectivity index (χ1n) is 3.10. The molecule has 3 nitrogen and oxygen atoms in total. The standard InChI is InChI=1S/C6H6F3NO2/c1-4-2-5(10-12-4)11-3-6(7,8)9/h2H,3H2,1H3. The summed E-state index contributed by atoms with van der Waals surface area (Å²) in [6.45, 7) is 0.215. The van der Waals surface area contributed by atoms with Crippen molar-refractivity contribution < 1.29 is 22.4 Å². The van der Waals surface area contributed by atoms with Gasteiger partial charge in [0.1, 0.15) is 5.76 Å². The molecule has 0 spiro atoms. The number of nitrogens with zero attached hydrogens (tertiary/aromatic N) is 1. The van der Waals surface area contributed by atoms with Gasteiger partial charge in [-0.05, 0) is 12.1 Å². The Balaban J connectivity index is 2.44. The SMILES string of the molecule is Cc1cc(OCC(F)(F)F)no1. The molecule has 6 heteroatoms. The summed E-state index contributed by atoms with van der Waals surface area (Å²) in [6, 6.07) is 1.28. The number of hydrogen-bond acceptors (Lipinski definition) is 3. The third kappa shape index (κ3) is 2.81. The minimum atomic E-state index is -4.34. The molecule has 0 fully saturated rings. The van der Waals surface area contributed by atoms with Crippen LogP contribution in [0.3, 0.4) is 0 Å². The van der Waals surface area contributed by atoms with Crippen LogP contribution in [0.15, 0.2) is 10.6 Å². The summed E-state index contributed by atoms with van der Waals surface area (Å²) < 4.78 is 43.4. The number of hydrogen-bond donors (Lipinski definition) is 0. The molecule has 68 valence electrons. The van der Waals surface area contributed by atoms with Crippen molar-refractivity contribution in [3.8, 4) is 5.88 Å². The highest BCUT2D eigenvalue weighted by molar-refractivity contribution is 5.09. The molecule has 0 saturated carbocycles. The van der Waals surface area contributed by atoms with Crippen molar-refractivity contribution in [3.63, 3.8) is 0 Å². The third-order valence-electron chi connectivity index (χ3n) is 0.990. The van der Waals surface area contributed by atoms with Crippen LogP contribution < -0.4 is 4.74 Å². The molecule has 0 aliphatic rings. The lowest BCUT2D eigenvalue weighted by Crippen LogP contribution is -2.19. The highest BCUT2D eigenvalue weighted by Crippen LogP contribution is 2.17. The smallest absolute Gasteiger partial charge is 0.422 e. The lowest BCUT2D eigenvalue weighted by Gasteiger charge is -2.04. The van der Waals surface area contributed by atoms with Crippen LogP contribution in [0, 0.1) is 6.92 Å². The lowest BCUT2D eigenvalue weighted by molar-refractivity contribution is -0.154. The lowest BCUT2D eigenvalue weighted by atomic mass is 10.5. The van der Waals surface area contributed by atoms with E-state index < -0.39 is 12.8 Å². The molecule has 1 aromatic rings. The van der Waals surface area contributed by atoms with Crippen LogP contribution in [0.4, 0.5) is 13.2 Å². The van der Waals surface area contributed by atoms with E-state index in [4.69, 9.17) is 0 Å². The van der Waals surface area contributed by atoms with Crippen molar-refractivity contribution in [3.05, 3.63) is 11.8 Å². The fourth-order valence-corrected chi connectivity index (χ4v) is 0.567. The number of rotatable bonds is 2. The van der Waals surface area contributed by atoms with E-state index >= 15 is 0 Å². The van der Waals surface area contributed by atoms with E-state index in [1.807, 2.05) is 0 Å². The molecule has 1 aromatic heterocycles. The highest BCUT2D eigenvalue weighted by Gasteiger charge is 2.28. The summed E-state index contributed by atoms with van der Waals surface area (Å²) in [6.07, 6.45) is -4.34. The summed E-state index contributed by atoms with van der Waals surface area (Å²) in [5.41, 5.74) is 0. The molecule has 0 unspecified atom stereocenters. The molecule has 0 atom stereocenters. The van der Waals surface area contributed by atoms with Gasteiger partial charge in [-0.1, -0.05) is 0 Å². The van der Waals surface area contributed by atoms with Gasteiger partial charge in [0.2, 0.25) is 0 Å². The minimum absolute atomic E-state index is 0.148. The first-order chi connectivity index (χ1) is 5.47. The molecule has 0 radical (unpaired) electrons. The zero-order chi connectivity index (χ0) is 9.19. The molecule has 12 heavy (non-hydrogen) atoms. The van der Waals surface area contributed by atoms with E-state index in [9.17, 15) is 13.2 Å². The number of halogens is 3. The largest absolute Gasteiger partial charge is 0.466 e. The van der Waals surface area contributed by atoms with Crippen molar-refractivity contribution in [1.82, 2.24) is 5.16 Å². The molecule has 0 bridgehead atoms. The number of alkyl halides is 3. The minimum Gasteiger partial charge on any atom is -0.466 e. The van der Waals surface area contributed by atoms with Crippen LogP contribution >= 0.6 is 0 Å². The molecule has 0 aliphatic heterocycles. The highest BCUT2D eigenvalue weighted by atomic mass is 19.4. The molecule has 1 heterocycles. The van der Waals surface area contributed by atoms with Crippen molar-refractivity contribution >= 4 is 0 Å². The van der Waals surface area contributed by atoms with Gasteiger partial charge in [-0.25, -0.2) is 0 Å². The molecule has 0 saturated heterocycles. The Labute approximate surface area is 66.1 Å². The van der Waals surface area contributed by atoms with Gasteiger partial charge in [0.05, 0.1) is 0 Å². The number of aromatic nitrogens is 1. The van der Waals surface area contributed by atoms with Gasteiger partial charge in [0.15, 0.2) is 6.61 Å². The van der Waals surface area contributed by atoms with Crippen molar-refractivity contribution in [1.29, 1.82) is 0 Å². The van der Waals surface area contributed by atoms with E-state index in [0.717, 1.165) is 0 Å². The Morgan fingerprint density at radius 3 is 2.67 bits per heavy atom. The third-order valence-corrected chi connectivity index (χ3v) is 0.990. The molecule has 0 amide bonds. The Morgan fingerprint density at radius 2 is 2.25 bits per heavy atom. The van der Waals surface area contributed by atoms with Gasteiger partial charge in [-0.15, -0.1) is 0 Å². The van der Waals surface area contributed by atoms with Crippen molar-refractivity contribution in [2.45, 2.75) is 13.1 Å². The fourth-order valence-electron chi connectivity index (χ4n) is 0.567. The second-order valence-corrected chi connectivity index (χ2v) is 2.18. The average molecular weight is 181 g/mol. The van der Waals surface area contributed by atoms with Crippen LogP contribution in [-0.4, -0.2) is 17.9 Å². The Hall–Kier alpha value is -1.20. The van der Waals surface area contributed by atoms with Crippen LogP contribution in [0.25, 0.3) is 0 Å². The van der Waals surface area contributed by atoms with Crippen molar-refractivity contribution in [2.24, 2.45) is 0 Å². The van der Waals surface area contributed by atoms with Crippen LogP contribution in [0.5, 0.6) is 5.88 Å². The predicted molar refractivity (Wildman–Crippen MR) is 32.8 cm³/mol. The molecule has 1 rings (SSSR count). The maximum absolute atomic E-state index is 11.6. The quantitative estimate of drug-likeness (QED) is 0.699.